The molecule has 0 unspecified atom stereocenters. The molecule has 0 saturated heterocycles. The number of fused-ring (bicyclic) bond motifs is 1. The Kier molecular flexibility index (Phi) is 3.14. The Morgan fingerprint density at radius 1 is 1.25 bits per heavy atom. The molecule has 3 rings (SSSR count). The molecule has 1 aromatic carbocycles. The Hall–Kier alpha value is -2.36. The average Bonchev–Trinajstić information content (AvgIpc) is 2.89. The molecule has 0 radical (unpaired) electrons. The van der Waals surface area contributed by atoms with Gasteiger partial charge in [-0.05, 0) is 24.1 Å². The van der Waals surface area contributed by atoms with Gasteiger partial charge < -0.3 is 9.47 Å². The monoisotopic (exact) mass is 268 g/mol. The maximum Gasteiger partial charge on any atom is 0.254 e. The van der Waals surface area contributed by atoms with E-state index >= 15 is 0 Å². The predicted octanol–water partition coefficient (Wildman–Crippen LogP) is 1.91. The van der Waals surface area contributed by atoms with Gasteiger partial charge in [0.1, 0.15) is 0 Å². The van der Waals surface area contributed by atoms with Crippen molar-refractivity contribution in [3.05, 3.63) is 59.4 Å². The van der Waals surface area contributed by atoms with Crippen molar-refractivity contribution in [2.24, 2.45) is 7.05 Å². The number of amides is 1. The van der Waals surface area contributed by atoms with Crippen LogP contribution in [0.25, 0.3) is 0 Å². The van der Waals surface area contributed by atoms with Crippen molar-refractivity contribution in [1.29, 1.82) is 0 Å². The van der Waals surface area contributed by atoms with Crippen LogP contribution in [0.5, 0.6) is 0 Å². The minimum atomic E-state index is -0.0452. The van der Waals surface area contributed by atoms with E-state index in [9.17, 15) is 9.59 Å². The quantitative estimate of drug-likeness (QED) is 0.798. The molecular formula is C16H16N2O2. The number of Topliss-reactive ketones (excluding diaryl/α,β-unsaturated/α-hetero) is 1. The highest BCUT2D eigenvalue weighted by Crippen LogP contribution is 2.18. The molecular weight excluding hydrogens is 252 g/mol. The molecule has 0 bridgehead atoms. The summed E-state index contributed by atoms with van der Waals surface area (Å²) < 4.78 is 1.83. The van der Waals surface area contributed by atoms with Gasteiger partial charge in [0.05, 0.1) is 6.54 Å². The molecule has 0 N–H and O–H groups in total. The summed E-state index contributed by atoms with van der Waals surface area (Å²) in [7, 11) is 1.87. The third-order valence-corrected chi connectivity index (χ3v) is 3.67. The number of ketones is 1. The van der Waals surface area contributed by atoms with Crippen LogP contribution in [-0.4, -0.2) is 34.2 Å². The van der Waals surface area contributed by atoms with Crippen LogP contribution in [0, 0.1) is 0 Å². The summed E-state index contributed by atoms with van der Waals surface area (Å²) in [5.41, 5.74) is 2.44. The second-order valence-electron chi connectivity index (χ2n) is 5.12. The molecule has 4 nitrogen and oxygen atoms in total. The third-order valence-electron chi connectivity index (χ3n) is 3.67. The zero-order valence-corrected chi connectivity index (χ0v) is 11.4. The molecule has 0 fully saturated rings. The lowest BCUT2D eigenvalue weighted by Gasteiger charge is -2.27. The molecule has 4 heteroatoms. The van der Waals surface area contributed by atoms with Gasteiger partial charge >= 0.3 is 0 Å². The van der Waals surface area contributed by atoms with Gasteiger partial charge in [0.2, 0.25) is 0 Å². The van der Waals surface area contributed by atoms with Crippen molar-refractivity contribution in [1.82, 2.24) is 9.47 Å². The average molecular weight is 268 g/mol. The number of carbonyl (C=O) groups excluding carboxylic acids is 2. The van der Waals surface area contributed by atoms with Crippen LogP contribution in [0.3, 0.4) is 0 Å². The number of rotatable bonds is 3. The Bertz CT molecular complexity index is 673. The molecule has 2 aromatic rings. The summed E-state index contributed by atoms with van der Waals surface area (Å²) >= 11 is 0. The molecule has 20 heavy (non-hydrogen) atoms. The highest BCUT2D eigenvalue weighted by atomic mass is 16.2. The molecule has 0 spiro atoms. The predicted molar refractivity (Wildman–Crippen MR) is 75.8 cm³/mol. The van der Waals surface area contributed by atoms with Crippen LogP contribution in [0.4, 0.5) is 0 Å². The van der Waals surface area contributed by atoms with Crippen LogP contribution < -0.4 is 0 Å². The molecule has 0 atom stereocenters. The maximum absolute atomic E-state index is 12.4. The lowest BCUT2D eigenvalue weighted by molar-refractivity contribution is 0.0696. The largest absolute Gasteiger partial charge is 0.357 e. The van der Waals surface area contributed by atoms with E-state index in [-0.39, 0.29) is 18.2 Å². The van der Waals surface area contributed by atoms with Gasteiger partial charge in [-0.2, -0.15) is 0 Å². The maximum atomic E-state index is 12.4. The van der Waals surface area contributed by atoms with Crippen molar-refractivity contribution in [3.63, 3.8) is 0 Å². The fourth-order valence-electron chi connectivity index (χ4n) is 2.56. The van der Waals surface area contributed by atoms with Crippen LogP contribution >= 0.6 is 0 Å². The molecule has 102 valence electrons. The number of hydrogen-bond donors (Lipinski definition) is 0. The van der Waals surface area contributed by atoms with E-state index in [0.29, 0.717) is 12.1 Å². The highest BCUT2D eigenvalue weighted by Gasteiger charge is 2.25. The third kappa shape index (κ3) is 2.25. The van der Waals surface area contributed by atoms with E-state index in [1.54, 1.807) is 17.2 Å². The highest BCUT2D eigenvalue weighted by molar-refractivity contribution is 6.03. The van der Waals surface area contributed by atoms with Gasteiger partial charge in [-0.15, -0.1) is 0 Å². The number of nitrogens with zero attached hydrogens (tertiary/aromatic N) is 2. The number of benzene rings is 1. The van der Waals surface area contributed by atoms with E-state index in [1.807, 2.05) is 42.1 Å². The first-order valence-corrected chi connectivity index (χ1v) is 6.67. The zero-order chi connectivity index (χ0) is 14.1. The number of carbonyl (C=O) groups is 2. The van der Waals surface area contributed by atoms with E-state index in [0.717, 1.165) is 17.5 Å². The Morgan fingerprint density at radius 2 is 2.05 bits per heavy atom. The summed E-state index contributed by atoms with van der Waals surface area (Å²) in [5, 5.41) is 0. The number of aromatic nitrogens is 1. The first-order valence-electron chi connectivity index (χ1n) is 6.67. The van der Waals surface area contributed by atoms with E-state index in [1.165, 1.54) is 0 Å². The van der Waals surface area contributed by atoms with Crippen molar-refractivity contribution in [3.8, 4) is 0 Å². The minimum Gasteiger partial charge on any atom is -0.357 e. The summed E-state index contributed by atoms with van der Waals surface area (Å²) in [6.45, 7) is 0.756. The Balaban J connectivity index is 1.77. The molecule has 1 amide bonds. The van der Waals surface area contributed by atoms with E-state index < -0.39 is 0 Å². The van der Waals surface area contributed by atoms with Crippen molar-refractivity contribution in [2.45, 2.75) is 6.42 Å². The van der Waals surface area contributed by atoms with E-state index in [2.05, 4.69) is 0 Å². The van der Waals surface area contributed by atoms with Crippen LogP contribution in [-0.2, 0) is 13.5 Å². The summed E-state index contributed by atoms with van der Waals surface area (Å²) in [6.07, 6.45) is 4.43. The summed E-state index contributed by atoms with van der Waals surface area (Å²) in [4.78, 5) is 26.2. The first-order chi connectivity index (χ1) is 9.65. The molecule has 0 saturated carbocycles. The van der Waals surface area contributed by atoms with Crippen molar-refractivity contribution < 1.29 is 9.59 Å². The van der Waals surface area contributed by atoms with Crippen molar-refractivity contribution >= 4 is 11.7 Å². The second-order valence-corrected chi connectivity index (χ2v) is 5.12. The van der Waals surface area contributed by atoms with Gasteiger partial charge in [-0.1, -0.05) is 18.2 Å². The fourth-order valence-corrected chi connectivity index (χ4v) is 2.56. The molecule has 1 aliphatic rings. The zero-order valence-electron chi connectivity index (χ0n) is 11.4. The molecule has 0 aliphatic carbocycles. The summed E-state index contributed by atoms with van der Waals surface area (Å²) in [6, 6.07) is 9.39. The normalized spacial score (nSPS) is 14.2. The van der Waals surface area contributed by atoms with Gasteiger partial charge in [0.15, 0.2) is 5.78 Å². The Morgan fingerprint density at radius 3 is 2.80 bits per heavy atom. The first kappa shape index (κ1) is 12.7. The number of aryl methyl sites for hydroxylation is 1. The molecule has 2 heterocycles. The van der Waals surface area contributed by atoms with E-state index in [4.69, 9.17) is 0 Å². The smallest absolute Gasteiger partial charge is 0.254 e. The lowest BCUT2D eigenvalue weighted by Crippen LogP contribution is -2.40. The standard InChI is InChI=1S/C16H16N2O2/c1-17-8-6-13(10-17)15(19)11-18-9-7-12-4-2-3-5-14(12)16(18)20/h2-6,8,10H,7,9,11H2,1H3. The summed E-state index contributed by atoms with van der Waals surface area (Å²) in [5.74, 6) is -0.0607. The number of hydrogen-bond acceptors (Lipinski definition) is 2. The van der Waals surface area contributed by atoms with Gasteiger partial charge in [-0.25, -0.2) is 0 Å². The van der Waals surface area contributed by atoms with Crippen LogP contribution in [0.15, 0.2) is 42.7 Å². The Labute approximate surface area is 117 Å². The van der Waals surface area contributed by atoms with Crippen LogP contribution in [0.1, 0.15) is 26.3 Å². The lowest BCUT2D eigenvalue weighted by atomic mass is 9.99. The molecule has 1 aliphatic heterocycles. The van der Waals surface area contributed by atoms with Crippen LogP contribution in [0.2, 0.25) is 0 Å². The SMILES string of the molecule is Cn1ccc(C(=O)CN2CCc3ccccc3C2=O)c1. The van der Waals surface area contributed by atoms with Gasteiger partial charge in [0, 0.05) is 37.1 Å². The van der Waals surface area contributed by atoms with Crippen molar-refractivity contribution in [2.75, 3.05) is 13.1 Å². The topological polar surface area (TPSA) is 42.3 Å². The van der Waals surface area contributed by atoms with Gasteiger partial charge in [-0.3, -0.25) is 9.59 Å². The fraction of sp³-hybridized carbons (Fsp3) is 0.250. The second kappa shape index (κ2) is 4.96. The molecule has 1 aromatic heterocycles. The minimum absolute atomic E-state index is 0.0154. The van der Waals surface area contributed by atoms with Gasteiger partial charge in [0.25, 0.3) is 5.91 Å².